The zero-order chi connectivity index (χ0) is 22.4. The maximum Gasteiger partial charge on any atom is 0.291 e. The Morgan fingerprint density at radius 2 is 1.71 bits per heavy atom. The van der Waals surface area contributed by atoms with E-state index in [-0.39, 0.29) is 5.25 Å². The van der Waals surface area contributed by atoms with Crippen molar-refractivity contribution in [3.8, 4) is 0 Å². The van der Waals surface area contributed by atoms with E-state index in [1.54, 1.807) is 24.0 Å². The SMILES string of the molecule is Clc1cc(Cl)c(SC(Cn2ccnc2)c2ccc3ccccc3c2)cc1Cl.O=[N+]([O-])O. The van der Waals surface area contributed by atoms with E-state index in [2.05, 4.69) is 52.0 Å². The lowest BCUT2D eigenvalue weighted by molar-refractivity contribution is -0.742. The molecule has 1 unspecified atom stereocenters. The highest BCUT2D eigenvalue weighted by Crippen LogP contribution is 2.43. The highest BCUT2D eigenvalue weighted by Gasteiger charge is 2.17. The first-order valence-corrected chi connectivity index (χ1v) is 10.9. The van der Waals surface area contributed by atoms with Gasteiger partial charge in [0.1, 0.15) is 0 Å². The topological polar surface area (TPSA) is 81.2 Å². The van der Waals surface area contributed by atoms with E-state index in [1.807, 2.05) is 18.6 Å². The molecular weight excluding hydrogens is 481 g/mol. The van der Waals surface area contributed by atoms with Crippen molar-refractivity contribution in [1.82, 2.24) is 9.55 Å². The van der Waals surface area contributed by atoms with E-state index >= 15 is 0 Å². The summed E-state index contributed by atoms with van der Waals surface area (Å²) in [7, 11) is 0. The first-order valence-electron chi connectivity index (χ1n) is 8.92. The second-order valence-corrected chi connectivity index (χ2v) is 8.87. The fraction of sp³-hybridized carbons (Fsp3) is 0.0952. The minimum atomic E-state index is -1.50. The Morgan fingerprint density at radius 3 is 2.39 bits per heavy atom. The second kappa shape index (κ2) is 10.7. The normalized spacial score (nSPS) is 11.6. The van der Waals surface area contributed by atoms with Crippen LogP contribution in [-0.4, -0.2) is 19.8 Å². The number of thioether (sulfide) groups is 1. The van der Waals surface area contributed by atoms with Crippen molar-refractivity contribution in [3.05, 3.63) is 104 Å². The van der Waals surface area contributed by atoms with Gasteiger partial charge in [0.15, 0.2) is 0 Å². The lowest BCUT2D eigenvalue weighted by Gasteiger charge is -2.19. The van der Waals surface area contributed by atoms with Crippen LogP contribution in [0, 0.1) is 10.1 Å². The Labute approximate surface area is 197 Å². The Morgan fingerprint density at radius 1 is 1.03 bits per heavy atom. The van der Waals surface area contributed by atoms with Crippen molar-refractivity contribution < 1.29 is 10.3 Å². The molecule has 0 amide bonds. The van der Waals surface area contributed by atoms with Gasteiger partial charge < -0.3 is 9.77 Å². The summed E-state index contributed by atoms with van der Waals surface area (Å²) in [5.74, 6) is 0. The molecule has 0 aliphatic rings. The van der Waals surface area contributed by atoms with E-state index in [0.717, 1.165) is 11.4 Å². The largest absolute Gasteiger partial charge is 0.336 e. The van der Waals surface area contributed by atoms with Gasteiger partial charge in [-0.15, -0.1) is 21.9 Å². The van der Waals surface area contributed by atoms with Crippen molar-refractivity contribution in [3.63, 3.8) is 0 Å². The molecule has 0 spiro atoms. The van der Waals surface area contributed by atoms with Gasteiger partial charge >= 0.3 is 0 Å². The van der Waals surface area contributed by atoms with Crippen molar-refractivity contribution >= 4 is 57.3 Å². The monoisotopic (exact) mass is 495 g/mol. The number of nitrogens with zero attached hydrogens (tertiary/aromatic N) is 3. The molecule has 0 fully saturated rings. The number of halogens is 3. The van der Waals surface area contributed by atoms with Gasteiger partial charge in [-0.25, -0.2) is 4.98 Å². The molecule has 6 nitrogen and oxygen atoms in total. The maximum absolute atomic E-state index is 8.36. The van der Waals surface area contributed by atoms with Crippen molar-refractivity contribution in [2.45, 2.75) is 16.7 Å². The lowest BCUT2D eigenvalue weighted by Crippen LogP contribution is -2.05. The third kappa shape index (κ3) is 6.51. The number of hydrogen-bond donors (Lipinski definition) is 1. The molecule has 4 rings (SSSR count). The smallest absolute Gasteiger partial charge is 0.291 e. The molecule has 0 aliphatic carbocycles. The van der Waals surface area contributed by atoms with Crippen molar-refractivity contribution in [1.29, 1.82) is 0 Å². The van der Waals surface area contributed by atoms with Crippen LogP contribution in [0.2, 0.25) is 15.1 Å². The summed E-state index contributed by atoms with van der Waals surface area (Å²) in [5, 5.41) is 17.8. The minimum Gasteiger partial charge on any atom is -0.336 e. The predicted molar refractivity (Wildman–Crippen MR) is 125 cm³/mol. The van der Waals surface area contributed by atoms with Crippen LogP contribution in [0.1, 0.15) is 10.8 Å². The summed E-state index contributed by atoms with van der Waals surface area (Å²) in [5.41, 5.74) is 1.22. The van der Waals surface area contributed by atoms with Crippen molar-refractivity contribution in [2.24, 2.45) is 0 Å². The Hall–Kier alpha value is -2.45. The van der Waals surface area contributed by atoms with Gasteiger partial charge in [-0.1, -0.05) is 71.2 Å². The van der Waals surface area contributed by atoms with Gasteiger partial charge in [0.05, 0.1) is 26.6 Å². The summed E-state index contributed by atoms with van der Waals surface area (Å²) in [6.07, 6.45) is 5.57. The molecule has 0 bridgehead atoms. The number of fused-ring (bicyclic) bond motifs is 1. The number of hydrogen-bond acceptors (Lipinski definition) is 4. The zero-order valence-corrected chi connectivity index (χ0v) is 18.9. The van der Waals surface area contributed by atoms with Gasteiger partial charge in [0.2, 0.25) is 0 Å². The molecule has 0 radical (unpaired) electrons. The number of imidazole rings is 1. The molecule has 10 heteroatoms. The molecular formula is C21H16Cl3N3O3S. The van der Waals surface area contributed by atoms with Crippen molar-refractivity contribution in [2.75, 3.05) is 0 Å². The summed E-state index contributed by atoms with van der Waals surface area (Å²) in [4.78, 5) is 13.4. The van der Waals surface area contributed by atoms with Gasteiger partial charge in [-0.3, -0.25) is 0 Å². The van der Waals surface area contributed by atoms with Crippen LogP contribution < -0.4 is 0 Å². The molecule has 4 aromatic rings. The number of benzene rings is 3. The van der Waals surface area contributed by atoms with E-state index in [1.165, 1.54) is 16.3 Å². The van der Waals surface area contributed by atoms with E-state index < -0.39 is 5.09 Å². The second-order valence-electron chi connectivity index (χ2n) is 6.41. The molecule has 31 heavy (non-hydrogen) atoms. The molecule has 0 saturated heterocycles. The third-order valence-corrected chi connectivity index (χ3v) is 6.77. The number of rotatable bonds is 5. The summed E-state index contributed by atoms with van der Waals surface area (Å²) >= 11 is 20.4. The molecule has 0 aliphatic heterocycles. The molecule has 1 heterocycles. The molecule has 160 valence electrons. The van der Waals surface area contributed by atoms with Gasteiger partial charge in [0.25, 0.3) is 5.09 Å². The molecule has 1 N–H and O–H groups in total. The van der Waals surface area contributed by atoms with Gasteiger partial charge in [-0.2, -0.15) is 0 Å². The fourth-order valence-corrected chi connectivity index (χ4v) is 4.89. The quantitative estimate of drug-likeness (QED) is 0.137. The van der Waals surface area contributed by atoms with Crippen LogP contribution in [0.4, 0.5) is 0 Å². The predicted octanol–water partition coefficient (Wildman–Crippen LogP) is 7.18. The zero-order valence-electron chi connectivity index (χ0n) is 15.9. The molecule has 1 aromatic heterocycles. The highest BCUT2D eigenvalue weighted by atomic mass is 35.5. The van der Waals surface area contributed by atoms with E-state index in [4.69, 9.17) is 50.1 Å². The summed E-state index contributed by atoms with van der Waals surface area (Å²) in [6, 6.07) is 18.4. The third-order valence-electron chi connectivity index (χ3n) is 4.33. The van der Waals surface area contributed by atoms with Crippen LogP contribution in [0.5, 0.6) is 0 Å². The summed E-state index contributed by atoms with van der Waals surface area (Å²) in [6.45, 7) is 0.763. The lowest BCUT2D eigenvalue weighted by atomic mass is 10.0. The molecule has 3 aromatic carbocycles. The first-order chi connectivity index (χ1) is 14.8. The van der Waals surface area contributed by atoms with E-state index in [9.17, 15) is 0 Å². The number of aromatic nitrogens is 2. The Balaban J connectivity index is 0.000000628. The average Bonchev–Trinajstić information content (AvgIpc) is 3.24. The minimum absolute atomic E-state index is 0.138. The van der Waals surface area contributed by atoms with Crippen LogP contribution in [-0.2, 0) is 6.54 Å². The summed E-state index contributed by atoms with van der Waals surface area (Å²) < 4.78 is 2.07. The van der Waals surface area contributed by atoms with Gasteiger partial charge in [-0.05, 0) is 34.5 Å². The molecule has 0 saturated carbocycles. The standard InChI is InChI=1S/C21H15Cl3N2S.HNO3/c22-17-10-19(24)20(11-18(17)23)27-21(12-26-8-7-25-13-26)16-6-5-14-3-1-2-4-15(14)9-16;2-1(3)4/h1-11,13,21H,12H2;(H,2,3,4). The van der Waals surface area contributed by atoms with E-state index in [0.29, 0.717) is 15.1 Å². The highest BCUT2D eigenvalue weighted by molar-refractivity contribution is 7.99. The molecule has 1 atom stereocenters. The Kier molecular flexibility index (Phi) is 8.03. The first kappa shape index (κ1) is 23.2. The maximum atomic E-state index is 8.36. The van der Waals surface area contributed by atoms with Crippen LogP contribution in [0.25, 0.3) is 10.8 Å². The Bertz CT molecular complexity index is 1190. The van der Waals surface area contributed by atoms with Crippen LogP contribution in [0.3, 0.4) is 0 Å². The average molecular weight is 497 g/mol. The van der Waals surface area contributed by atoms with Crippen LogP contribution in [0.15, 0.2) is 78.2 Å². The fourth-order valence-electron chi connectivity index (χ4n) is 2.95. The van der Waals surface area contributed by atoms with Gasteiger partial charge in [0, 0.05) is 23.8 Å². The van der Waals surface area contributed by atoms with Crippen LogP contribution >= 0.6 is 46.6 Å².